The van der Waals surface area contributed by atoms with Crippen molar-refractivity contribution in [3.8, 4) is 0 Å². The van der Waals surface area contributed by atoms with Gasteiger partial charge in [0, 0.05) is 51.2 Å². The highest BCUT2D eigenvalue weighted by atomic mass is 32.2. The summed E-state index contributed by atoms with van der Waals surface area (Å²) in [7, 11) is -0.580. The molecule has 0 saturated carbocycles. The molecule has 0 radical (unpaired) electrons. The Labute approximate surface area is 174 Å². The molecule has 1 atom stereocenters. The second-order valence-electron chi connectivity index (χ2n) is 7.41. The molecule has 0 unspecified atom stereocenters. The van der Waals surface area contributed by atoms with Crippen molar-refractivity contribution < 1.29 is 13.2 Å². The fourth-order valence-electron chi connectivity index (χ4n) is 3.48. The van der Waals surface area contributed by atoms with Gasteiger partial charge in [-0.05, 0) is 37.6 Å². The molecule has 3 heterocycles. The van der Waals surface area contributed by atoms with Gasteiger partial charge in [0.05, 0.1) is 4.90 Å². The highest BCUT2D eigenvalue weighted by molar-refractivity contribution is 7.89. The number of hydrogen-bond acceptors (Lipinski definition) is 7. The summed E-state index contributed by atoms with van der Waals surface area (Å²) in [5, 5.41) is 11.3. The van der Waals surface area contributed by atoms with Crippen LogP contribution in [0.4, 0.5) is 5.82 Å². The Bertz CT molecular complexity index is 1190. The number of carbonyl (C=O) groups is 1. The molecule has 1 aliphatic rings. The van der Waals surface area contributed by atoms with Crippen LogP contribution >= 0.6 is 0 Å². The number of hydrogen-bond donors (Lipinski definition) is 1. The second-order valence-corrected chi connectivity index (χ2v) is 9.56. The van der Waals surface area contributed by atoms with Gasteiger partial charge < -0.3 is 10.2 Å². The zero-order valence-corrected chi connectivity index (χ0v) is 17.8. The van der Waals surface area contributed by atoms with Crippen molar-refractivity contribution in [3.05, 3.63) is 48.0 Å². The molecule has 1 saturated heterocycles. The van der Waals surface area contributed by atoms with E-state index >= 15 is 0 Å². The van der Waals surface area contributed by atoms with E-state index in [4.69, 9.17) is 0 Å². The van der Waals surface area contributed by atoms with Crippen molar-refractivity contribution in [1.29, 1.82) is 0 Å². The van der Waals surface area contributed by atoms with Crippen LogP contribution in [-0.4, -0.2) is 71.4 Å². The van der Waals surface area contributed by atoms with Gasteiger partial charge >= 0.3 is 0 Å². The van der Waals surface area contributed by atoms with Crippen LogP contribution in [0.15, 0.2) is 41.6 Å². The molecular weight excluding hydrogens is 406 g/mol. The van der Waals surface area contributed by atoms with Crippen molar-refractivity contribution in [2.24, 2.45) is 0 Å². The standard InChI is InChI=1S/C19H23N7O3S/c1-13-22-23-18-17(20-9-11-26(13)18)25-10-8-15(12-25)21-19(27)14-4-6-16(7-5-14)30(28,29)24(2)3/h4-7,9,11,15H,8,10,12H2,1-3H3,(H,21,27)/t15-/m1/s1. The van der Waals surface area contributed by atoms with E-state index in [-0.39, 0.29) is 16.8 Å². The summed E-state index contributed by atoms with van der Waals surface area (Å²) in [6.45, 7) is 3.23. The number of anilines is 1. The van der Waals surface area contributed by atoms with Crippen molar-refractivity contribution in [3.63, 3.8) is 0 Å². The van der Waals surface area contributed by atoms with Crippen LogP contribution < -0.4 is 10.2 Å². The molecule has 2 aromatic heterocycles. The Morgan fingerprint density at radius 3 is 2.63 bits per heavy atom. The summed E-state index contributed by atoms with van der Waals surface area (Å²) in [5.41, 5.74) is 1.11. The molecule has 11 heteroatoms. The van der Waals surface area contributed by atoms with Gasteiger partial charge in [0.2, 0.25) is 15.7 Å². The maximum Gasteiger partial charge on any atom is 0.251 e. The van der Waals surface area contributed by atoms with Crippen LogP contribution in [0.25, 0.3) is 5.65 Å². The minimum Gasteiger partial charge on any atom is -0.351 e. The Morgan fingerprint density at radius 1 is 1.20 bits per heavy atom. The number of carbonyl (C=O) groups excluding carboxylic acids is 1. The molecule has 1 N–H and O–H groups in total. The summed E-state index contributed by atoms with van der Waals surface area (Å²) in [6.07, 6.45) is 4.31. The van der Waals surface area contributed by atoms with E-state index in [1.54, 1.807) is 6.20 Å². The molecule has 30 heavy (non-hydrogen) atoms. The molecule has 0 bridgehead atoms. The fourth-order valence-corrected chi connectivity index (χ4v) is 4.38. The highest BCUT2D eigenvalue weighted by Crippen LogP contribution is 2.22. The molecule has 3 aromatic rings. The quantitative estimate of drug-likeness (QED) is 0.635. The van der Waals surface area contributed by atoms with Gasteiger partial charge in [0.15, 0.2) is 5.82 Å². The van der Waals surface area contributed by atoms with Gasteiger partial charge in [-0.2, -0.15) is 0 Å². The van der Waals surface area contributed by atoms with E-state index in [1.165, 1.54) is 38.4 Å². The Kier molecular flexibility index (Phi) is 5.16. The number of rotatable bonds is 5. The Balaban J connectivity index is 1.44. The minimum absolute atomic E-state index is 0.0474. The van der Waals surface area contributed by atoms with Gasteiger partial charge in [0.25, 0.3) is 5.91 Å². The third-order valence-corrected chi connectivity index (χ3v) is 7.03. The van der Waals surface area contributed by atoms with Crippen LogP contribution in [0.5, 0.6) is 0 Å². The topological polar surface area (TPSA) is 113 Å². The van der Waals surface area contributed by atoms with Crippen molar-refractivity contribution in [2.75, 3.05) is 32.1 Å². The zero-order valence-electron chi connectivity index (χ0n) is 17.0. The molecular formula is C19H23N7O3S. The summed E-state index contributed by atoms with van der Waals surface area (Å²) in [4.78, 5) is 19.3. The van der Waals surface area contributed by atoms with E-state index < -0.39 is 10.0 Å². The molecule has 1 aromatic carbocycles. The normalized spacial score (nSPS) is 17.1. The summed E-state index contributed by atoms with van der Waals surface area (Å²) in [6, 6.07) is 5.90. The van der Waals surface area contributed by atoms with Crippen LogP contribution in [0.3, 0.4) is 0 Å². The van der Waals surface area contributed by atoms with Crippen molar-refractivity contribution in [1.82, 2.24) is 29.2 Å². The number of nitrogens with zero attached hydrogens (tertiary/aromatic N) is 6. The predicted octanol–water partition coefficient (Wildman–Crippen LogP) is 0.692. The average Bonchev–Trinajstić information content (AvgIpc) is 3.35. The lowest BCUT2D eigenvalue weighted by molar-refractivity contribution is 0.0940. The van der Waals surface area contributed by atoms with E-state index in [9.17, 15) is 13.2 Å². The average molecular weight is 430 g/mol. The fraction of sp³-hybridized carbons (Fsp3) is 0.368. The van der Waals surface area contributed by atoms with Gasteiger partial charge in [0.1, 0.15) is 5.82 Å². The van der Waals surface area contributed by atoms with Gasteiger partial charge in [-0.15, -0.1) is 10.2 Å². The first-order valence-corrected chi connectivity index (χ1v) is 11.0. The van der Waals surface area contributed by atoms with Crippen molar-refractivity contribution >= 4 is 27.4 Å². The van der Waals surface area contributed by atoms with Gasteiger partial charge in [-0.1, -0.05) is 0 Å². The molecule has 158 valence electrons. The Hall–Kier alpha value is -3.05. The smallest absolute Gasteiger partial charge is 0.251 e. The Morgan fingerprint density at radius 2 is 1.93 bits per heavy atom. The summed E-state index contributed by atoms with van der Waals surface area (Å²) >= 11 is 0. The molecule has 0 aliphatic carbocycles. The van der Waals surface area contributed by atoms with E-state index in [1.807, 2.05) is 17.5 Å². The van der Waals surface area contributed by atoms with Crippen LogP contribution in [0.2, 0.25) is 0 Å². The molecule has 1 amide bonds. The molecule has 1 fully saturated rings. The van der Waals surface area contributed by atoms with E-state index in [0.717, 1.165) is 28.9 Å². The number of nitrogens with one attached hydrogen (secondary N) is 1. The molecule has 1 aliphatic heterocycles. The minimum atomic E-state index is -3.52. The van der Waals surface area contributed by atoms with E-state index in [2.05, 4.69) is 25.4 Å². The second kappa shape index (κ2) is 7.65. The third-order valence-electron chi connectivity index (χ3n) is 5.20. The first kappa shape index (κ1) is 20.2. The maximum absolute atomic E-state index is 12.6. The molecule has 4 rings (SSSR count). The predicted molar refractivity (Wildman–Crippen MR) is 111 cm³/mol. The van der Waals surface area contributed by atoms with Crippen LogP contribution in [0, 0.1) is 6.92 Å². The largest absolute Gasteiger partial charge is 0.351 e. The lowest BCUT2D eigenvalue weighted by Crippen LogP contribution is -2.37. The number of benzene rings is 1. The number of sulfonamides is 1. The third kappa shape index (κ3) is 3.61. The first-order chi connectivity index (χ1) is 14.3. The lowest BCUT2D eigenvalue weighted by Gasteiger charge is -2.18. The van der Waals surface area contributed by atoms with Gasteiger partial charge in [-0.25, -0.2) is 17.7 Å². The van der Waals surface area contributed by atoms with Gasteiger partial charge in [-0.3, -0.25) is 9.20 Å². The SMILES string of the molecule is Cc1nnc2c(N3CC[C@@H](NC(=O)c4ccc(S(=O)(=O)N(C)C)cc4)C3)nccn12. The zero-order chi connectivity index (χ0) is 21.5. The molecule has 0 spiro atoms. The maximum atomic E-state index is 12.6. The van der Waals surface area contributed by atoms with Crippen LogP contribution in [-0.2, 0) is 10.0 Å². The highest BCUT2D eigenvalue weighted by Gasteiger charge is 2.27. The summed E-state index contributed by atoms with van der Waals surface area (Å²) < 4.78 is 27.3. The number of fused-ring (bicyclic) bond motifs is 1. The molecule has 10 nitrogen and oxygen atoms in total. The number of amides is 1. The van der Waals surface area contributed by atoms with E-state index in [0.29, 0.717) is 17.8 Å². The monoisotopic (exact) mass is 429 g/mol. The summed E-state index contributed by atoms with van der Waals surface area (Å²) in [5.74, 6) is 1.30. The number of aromatic nitrogens is 4. The lowest BCUT2D eigenvalue weighted by atomic mass is 10.2. The number of aryl methyl sites for hydroxylation is 1. The van der Waals surface area contributed by atoms with Crippen LogP contribution in [0.1, 0.15) is 22.6 Å². The van der Waals surface area contributed by atoms with Crippen molar-refractivity contribution in [2.45, 2.75) is 24.3 Å². The first-order valence-electron chi connectivity index (χ1n) is 9.52.